The molecule has 1 aliphatic rings. The number of nitrogen functional groups attached to an aromatic ring is 1. The van der Waals surface area contributed by atoms with Crippen molar-refractivity contribution in [3.8, 4) is 10.6 Å². The average Bonchev–Trinajstić information content (AvgIpc) is 2.90. The third kappa shape index (κ3) is 2.08. The third-order valence-electron chi connectivity index (χ3n) is 3.19. The first kappa shape index (κ1) is 12.4. The number of aromatic nitrogens is 1. The number of carboxylic acid groups (broad SMARTS) is 1. The zero-order valence-electron chi connectivity index (χ0n) is 10.3. The monoisotopic (exact) mass is 295 g/mol. The van der Waals surface area contributed by atoms with Gasteiger partial charge in [0, 0.05) is 28.1 Å². The van der Waals surface area contributed by atoms with E-state index in [1.54, 1.807) is 11.3 Å². The van der Waals surface area contributed by atoms with Crippen molar-refractivity contribution in [2.24, 2.45) is 0 Å². The molecule has 5 nitrogen and oxygen atoms in total. The first-order valence-electron chi connectivity index (χ1n) is 5.86. The minimum Gasteiger partial charge on any atom is -0.465 e. The first-order valence-corrected chi connectivity index (χ1v) is 7.56. The number of fused-ring (bicyclic) bond motifs is 1. The molecule has 0 unspecified atom stereocenters. The highest BCUT2D eigenvalue weighted by atomic mass is 32.1. The number of thiophene rings is 1. The largest absolute Gasteiger partial charge is 0.465 e. The van der Waals surface area contributed by atoms with E-state index in [1.807, 2.05) is 12.3 Å². The maximum absolute atomic E-state index is 11.0. The number of hydrogen-bond acceptors (Lipinski definition) is 5. The molecule has 1 amide bonds. The van der Waals surface area contributed by atoms with Crippen LogP contribution in [0.5, 0.6) is 0 Å². The molecule has 0 spiro atoms. The minimum atomic E-state index is -0.871. The van der Waals surface area contributed by atoms with E-state index in [1.165, 1.54) is 21.8 Å². The quantitative estimate of drug-likeness (QED) is 0.848. The lowest BCUT2D eigenvalue weighted by molar-refractivity contribution is 0.140. The van der Waals surface area contributed by atoms with Gasteiger partial charge in [0.15, 0.2) is 0 Å². The molecule has 0 radical (unpaired) electrons. The number of nitrogens with zero attached hydrogens (tertiary/aromatic N) is 2. The lowest BCUT2D eigenvalue weighted by atomic mass is 10.0. The molecule has 2 aromatic rings. The van der Waals surface area contributed by atoms with Crippen molar-refractivity contribution >= 4 is 33.8 Å². The van der Waals surface area contributed by atoms with Gasteiger partial charge in [-0.1, -0.05) is 0 Å². The molecule has 0 fully saturated rings. The molecule has 3 rings (SSSR count). The maximum Gasteiger partial charge on any atom is 0.407 e. The van der Waals surface area contributed by atoms with Crippen LogP contribution in [0.1, 0.15) is 16.1 Å². The number of thiazole rings is 1. The summed E-state index contributed by atoms with van der Waals surface area (Å²) in [5, 5.41) is 12.7. The molecular weight excluding hydrogens is 282 g/mol. The molecular formula is C12H13N3O2S2. The second-order valence-corrected chi connectivity index (χ2v) is 6.49. The van der Waals surface area contributed by atoms with Crippen molar-refractivity contribution in [1.29, 1.82) is 0 Å². The molecule has 7 heteroatoms. The summed E-state index contributed by atoms with van der Waals surface area (Å²) >= 11 is 3.07. The summed E-state index contributed by atoms with van der Waals surface area (Å²) in [7, 11) is 0. The Kier molecular flexibility index (Phi) is 2.94. The van der Waals surface area contributed by atoms with Gasteiger partial charge in [0.05, 0.1) is 11.5 Å². The van der Waals surface area contributed by atoms with E-state index in [-0.39, 0.29) is 0 Å². The Morgan fingerprint density at radius 3 is 3.00 bits per heavy atom. The van der Waals surface area contributed by atoms with Crippen LogP contribution in [0.25, 0.3) is 10.6 Å². The highest BCUT2D eigenvalue weighted by Crippen LogP contribution is 2.42. The number of nitrogens with two attached hydrogens (primary N) is 1. The van der Waals surface area contributed by atoms with Gasteiger partial charge in [0.25, 0.3) is 0 Å². The van der Waals surface area contributed by atoms with Gasteiger partial charge >= 0.3 is 6.09 Å². The number of carbonyl (C=O) groups is 1. The molecule has 0 atom stereocenters. The molecule has 0 aromatic carbocycles. The molecule has 3 heterocycles. The summed E-state index contributed by atoms with van der Waals surface area (Å²) in [4.78, 5) is 18.0. The highest BCUT2D eigenvalue weighted by Gasteiger charge is 2.27. The van der Waals surface area contributed by atoms with Crippen molar-refractivity contribution < 1.29 is 9.90 Å². The molecule has 2 aromatic heterocycles. The Bertz CT molecular complexity index is 647. The van der Waals surface area contributed by atoms with Crippen molar-refractivity contribution in [1.82, 2.24) is 9.88 Å². The fraction of sp³-hybridized carbons (Fsp3) is 0.333. The summed E-state index contributed by atoms with van der Waals surface area (Å²) in [6, 6.07) is 0. The van der Waals surface area contributed by atoms with Crippen LogP contribution >= 0.6 is 22.7 Å². The highest BCUT2D eigenvalue weighted by molar-refractivity contribution is 7.18. The van der Waals surface area contributed by atoms with Crippen molar-refractivity contribution in [2.75, 3.05) is 12.3 Å². The lowest BCUT2D eigenvalue weighted by Crippen LogP contribution is -2.34. The molecule has 19 heavy (non-hydrogen) atoms. The van der Waals surface area contributed by atoms with E-state index in [4.69, 9.17) is 10.8 Å². The third-order valence-corrected chi connectivity index (χ3v) is 5.21. The summed E-state index contributed by atoms with van der Waals surface area (Å²) in [5.41, 5.74) is 9.28. The maximum atomic E-state index is 11.0. The zero-order valence-corrected chi connectivity index (χ0v) is 12.0. The van der Waals surface area contributed by atoms with E-state index in [9.17, 15) is 4.79 Å². The van der Waals surface area contributed by atoms with E-state index in [2.05, 4.69) is 4.98 Å². The predicted octanol–water partition coefficient (Wildman–Crippen LogP) is 2.80. The topological polar surface area (TPSA) is 79.5 Å². The van der Waals surface area contributed by atoms with Crippen molar-refractivity contribution in [3.63, 3.8) is 0 Å². The number of anilines is 1. The lowest BCUT2D eigenvalue weighted by Gasteiger charge is -2.24. The molecule has 0 saturated carbocycles. The Balaban J connectivity index is 2.03. The van der Waals surface area contributed by atoms with Crippen LogP contribution in [0.15, 0.2) is 5.38 Å². The Morgan fingerprint density at radius 2 is 2.37 bits per heavy atom. The van der Waals surface area contributed by atoms with Crippen LogP contribution < -0.4 is 5.73 Å². The van der Waals surface area contributed by atoms with Gasteiger partial charge in [-0.25, -0.2) is 9.78 Å². The van der Waals surface area contributed by atoms with Crippen LogP contribution in [-0.2, 0) is 13.0 Å². The van der Waals surface area contributed by atoms with Gasteiger partial charge in [0.1, 0.15) is 5.01 Å². The first-order chi connectivity index (χ1) is 9.06. The normalized spacial score (nSPS) is 14.5. The predicted molar refractivity (Wildman–Crippen MR) is 76.7 cm³/mol. The Hall–Kier alpha value is -1.60. The molecule has 100 valence electrons. The SMILES string of the molecule is Cc1csc(-c2c(N)sc3c2CCN(C(=O)O)C3)n1. The summed E-state index contributed by atoms with van der Waals surface area (Å²) in [5.74, 6) is 0. The van der Waals surface area contributed by atoms with Gasteiger partial charge in [-0.15, -0.1) is 22.7 Å². The van der Waals surface area contributed by atoms with E-state index in [0.29, 0.717) is 19.5 Å². The number of aryl methyl sites for hydroxylation is 1. The van der Waals surface area contributed by atoms with Gasteiger partial charge in [-0.2, -0.15) is 0 Å². The van der Waals surface area contributed by atoms with E-state index < -0.39 is 6.09 Å². The van der Waals surface area contributed by atoms with Gasteiger partial charge in [-0.05, 0) is 18.9 Å². The van der Waals surface area contributed by atoms with Crippen LogP contribution in [-0.4, -0.2) is 27.6 Å². The Labute approximate surface area is 118 Å². The molecule has 0 saturated heterocycles. The van der Waals surface area contributed by atoms with Crippen LogP contribution in [0.3, 0.4) is 0 Å². The zero-order chi connectivity index (χ0) is 13.6. The van der Waals surface area contributed by atoms with E-state index in [0.717, 1.165) is 26.1 Å². The average molecular weight is 295 g/mol. The fourth-order valence-electron chi connectivity index (χ4n) is 2.29. The number of rotatable bonds is 1. The van der Waals surface area contributed by atoms with Crippen LogP contribution in [0, 0.1) is 6.92 Å². The van der Waals surface area contributed by atoms with Gasteiger partial charge in [0.2, 0.25) is 0 Å². The summed E-state index contributed by atoms with van der Waals surface area (Å²) in [6.07, 6.45) is -0.159. The van der Waals surface area contributed by atoms with Crippen molar-refractivity contribution in [3.05, 3.63) is 21.5 Å². The minimum absolute atomic E-state index is 0.434. The van der Waals surface area contributed by atoms with Gasteiger partial charge in [-0.3, -0.25) is 0 Å². The second kappa shape index (κ2) is 4.50. The smallest absolute Gasteiger partial charge is 0.407 e. The fourth-order valence-corrected chi connectivity index (χ4v) is 4.37. The number of amides is 1. The second-order valence-electron chi connectivity index (χ2n) is 4.49. The van der Waals surface area contributed by atoms with Crippen molar-refractivity contribution in [2.45, 2.75) is 19.9 Å². The van der Waals surface area contributed by atoms with Crippen LogP contribution in [0.4, 0.5) is 9.80 Å². The molecule has 3 N–H and O–H groups in total. The summed E-state index contributed by atoms with van der Waals surface area (Å²) < 4.78 is 0. The summed E-state index contributed by atoms with van der Waals surface area (Å²) in [6.45, 7) is 2.92. The standard InChI is InChI=1S/C12H13N3O2S2/c1-6-5-18-11(14-6)9-7-2-3-15(12(16)17)4-8(7)19-10(9)13/h5H,2-4,13H2,1H3,(H,16,17). The van der Waals surface area contributed by atoms with Crippen LogP contribution in [0.2, 0.25) is 0 Å². The van der Waals surface area contributed by atoms with E-state index >= 15 is 0 Å². The Morgan fingerprint density at radius 1 is 1.58 bits per heavy atom. The number of hydrogen-bond donors (Lipinski definition) is 2. The molecule has 1 aliphatic heterocycles. The molecule has 0 bridgehead atoms. The van der Waals surface area contributed by atoms with Gasteiger partial charge < -0.3 is 15.7 Å². The molecule has 0 aliphatic carbocycles.